The lowest BCUT2D eigenvalue weighted by molar-refractivity contribution is 0.258. The van der Waals surface area contributed by atoms with Crippen LogP contribution in [0.5, 0.6) is 0 Å². The van der Waals surface area contributed by atoms with E-state index in [1.54, 1.807) is 0 Å². The normalized spacial score (nSPS) is 23.6. The maximum atomic E-state index is 3.46. The van der Waals surface area contributed by atoms with E-state index in [0.717, 1.165) is 12.5 Å². The highest BCUT2D eigenvalue weighted by Gasteiger charge is 2.22. The largest absolute Gasteiger partial charge is 0.317 e. The summed E-state index contributed by atoms with van der Waals surface area (Å²) in [5.74, 6) is 0.893. The topological polar surface area (TPSA) is 15.3 Å². The van der Waals surface area contributed by atoms with Crippen LogP contribution in [-0.4, -0.2) is 37.6 Å². The molecule has 1 aliphatic rings. The average molecular weight is 212 g/mol. The summed E-state index contributed by atoms with van der Waals surface area (Å²) in [5.41, 5.74) is 0.486. The minimum atomic E-state index is 0.486. The van der Waals surface area contributed by atoms with E-state index >= 15 is 0 Å². The molecule has 0 aromatic carbocycles. The van der Waals surface area contributed by atoms with E-state index in [1.807, 2.05) is 0 Å². The van der Waals surface area contributed by atoms with Crippen LogP contribution in [0.15, 0.2) is 0 Å². The summed E-state index contributed by atoms with van der Waals surface area (Å²) in [7, 11) is 0. The molecule has 1 unspecified atom stereocenters. The molecule has 0 spiro atoms. The van der Waals surface area contributed by atoms with E-state index in [9.17, 15) is 0 Å². The molecule has 0 aromatic heterocycles. The van der Waals surface area contributed by atoms with Gasteiger partial charge in [-0.25, -0.2) is 0 Å². The molecular formula is C13H28N2. The van der Waals surface area contributed by atoms with E-state index < -0.39 is 0 Å². The molecule has 15 heavy (non-hydrogen) atoms. The minimum Gasteiger partial charge on any atom is -0.317 e. The summed E-state index contributed by atoms with van der Waals surface area (Å²) in [5, 5.41) is 3.46. The molecule has 1 N–H and O–H groups in total. The van der Waals surface area contributed by atoms with Gasteiger partial charge in [0.2, 0.25) is 0 Å². The molecule has 0 radical (unpaired) electrons. The van der Waals surface area contributed by atoms with Crippen molar-refractivity contribution < 1.29 is 0 Å². The van der Waals surface area contributed by atoms with Crippen molar-refractivity contribution in [3.05, 3.63) is 0 Å². The van der Waals surface area contributed by atoms with E-state index in [4.69, 9.17) is 0 Å². The molecule has 0 saturated carbocycles. The zero-order valence-electron chi connectivity index (χ0n) is 11.0. The molecule has 0 aromatic rings. The Labute approximate surface area is 95.4 Å². The van der Waals surface area contributed by atoms with Crippen molar-refractivity contribution in [3.63, 3.8) is 0 Å². The Bertz CT molecular complexity index is 172. The van der Waals surface area contributed by atoms with Crippen molar-refractivity contribution in [2.75, 3.05) is 32.7 Å². The third-order valence-corrected chi connectivity index (χ3v) is 3.23. The van der Waals surface area contributed by atoms with Gasteiger partial charge in [0.05, 0.1) is 0 Å². The first-order valence-corrected chi connectivity index (χ1v) is 6.44. The summed E-state index contributed by atoms with van der Waals surface area (Å²) < 4.78 is 0. The molecule has 90 valence electrons. The van der Waals surface area contributed by atoms with Gasteiger partial charge in [-0.2, -0.15) is 0 Å². The van der Waals surface area contributed by atoms with Crippen LogP contribution >= 0.6 is 0 Å². The van der Waals surface area contributed by atoms with Crippen molar-refractivity contribution >= 4 is 0 Å². The van der Waals surface area contributed by atoms with Crippen LogP contribution in [0.3, 0.4) is 0 Å². The van der Waals surface area contributed by atoms with Gasteiger partial charge >= 0.3 is 0 Å². The van der Waals surface area contributed by atoms with E-state index in [1.165, 1.54) is 39.0 Å². The Kier molecular flexibility index (Phi) is 5.07. The van der Waals surface area contributed by atoms with Gasteiger partial charge in [0, 0.05) is 6.54 Å². The lowest BCUT2D eigenvalue weighted by Gasteiger charge is -2.23. The van der Waals surface area contributed by atoms with Crippen LogP contribution in [-0.2, 0) is 0 Å². The van der Waals surface area contributed by atoms with Crippen molar-refractivity contribution in [1.29, 1.82) is 0 Å². The Balaban J connectivity index is 2.13. The van der Waals surface area contributed by atoms with E-state index in [2.05, 4.69) is 37.9 Å². The number of nitrogens with zero attached hydrogens (tertiary/aromatic N) is 1. The Morgan fingerprint density at radius 1 is 1.33 bits per heavy atom. The van der Waals surface area contributed by atoms with Gasteiger partial charge in [0.1, 0.15) is 0 Å². The number of rotatable bonds is 5. The lowest BCUT2D eigenvalue weighted by atomic mass is 9.92. The first-order chi connectivity index (χ1) is 7.01. The first kappa shape index (κ1) is 13.0. The van der Waals surface area contributed by atoms with E-state index in [0.29, 0.717) is 5.41 Å². The van der Waals surface area contributed by atoms with Crippen LogP contribution < -0.4 is 5.32 Å². The number of nitrogens with one attached hydrogen (secondary N) is 1. The van der Waals surface area contributed by atoms with Gasteiger partial charge in [0.25, 0.3) is 0 Å². The van der Waals surface area contributed by atoms with Crippen molar-refractivity contribution in [3.8, 4) is 0 Å². The third-order valence-electron chi connectivity index (χ3n) is 3.23. The van der Waals surface area contributed by atoms with Crippen LogP contribution in [0, 0.1) is 11.3 Å². The molecule has 1 heterocycles. The summed E-state index contributed by atoms with van der Waals surface area (Å²) >= 11 is 0. The highest BCUT2D eigenvalue weighted by Crippen LogP contribution is 2.22. The summed E-state index contributed by atoms with van der Waals surface area (Å²) in [4.78, 5) is 2.63. The Morgan fingerprint density at radius 3 is 2.67 bits per heavy atom. The number of hydrogen-bond acceptors (Lipinski definition) is 2. The molecule has 1 atom stereocenters. The molecular weight excluding hydrogens is 184 g/mol. The fourth-order valence-corrected chi connectivity index (χ4v) is 2.12. The van der Waals surface area contributed by atoms with Crippen molar-refractivity contribution in [2.45, 2.75) is 40.5 Å². The van der Waals surface area contributed by atoms with Crippen LogP contribution in [0.25, 0.3) is 0 Å². The van der Waals surface area contributed by atoms with Gasteiger partial charge in [-0.05, 0) is 50.4 Å². The van der Waals surface area contributed by atoms with Crippen molar-refractivity contribution in [2.24, 2.45) is 11.3 Å². The predicted molar refractivity (Wildman–Crippen MR) is 67.2 cm³/mol. The fourth-order valence-electron chi connectivity index (χ4n) is 2.12. The van der Waals surface area contributed by atoms with Crippen molar-refractivity contribution in [1.82, 2.24) is 10.2 Å². The smallest absolute Gasteiger partial charge is 0.00223 e. The quantitative estimate of drug-likeness (QED) is 0.752. The molecule has 2 nitrogen and oxygen atoms in total. The molecule has 1 rings (SSSR count). The molecule has 0 aliphatic carbocycles. The third kappa shape index (κ3) is 5.53. The fraction of sp³-hybridized carbons (Fsp3) is 1.00. The highest BCUT2D eigenvalue weighted by molar-refractivity contribution is 4.78. The minimum absolute atomic E-state index is 0.486. The average Bonchev–Trinajstić information content (AvgIpc) is 2.58. The van der Waals surface area contributed by atoms with Gasteiger partial charge in [0.15, 0.2) is 0 Å². The second kappa shape index (κ2) is 5.86. The molecule has 1 aliphatic heterocycles. The van der Waals surface area contributed by atoms with Crippen LogP contribution in [0.1, 0.15) is 40.5 Å². The molecule has 1 fully saturated rings. The molecule has 2 heteroatoms. The zero-order chi connectivity index (χ0) is 11.3. The van der Waals surface area contributed by atoms with Gasteiger partial charge < -0.3 is 10.2 Å². The summed E-state index contributed by atoms with van der Waals surface area (Å²) in [6.07, 6.45) is 2.71. The van der Waals surface area contributed by atoms with Gasteiger partial charge in [-0.15, -0.1) is 0 Å². The zero-order valence-corrected chi connectivity index (χ0v) is 11.0. The lowest BCUT2D eigenvalue weighted by Crippen LogP contribution is -2.28. The molecule has 0 bridgehead atoms. The maximum Gasteiger partial charge on any atom is 0.00223 e. The van der Waals surface area contributed by atoms with E-state index in [-0.39, 0.29) is 0 Å². The predicted octanol–water partition coefficient (Wildman–Crippen LogP) is 2.35. The second-order valence-corrected chi connectivity index (χ2v) is 6.07. The second-order valence-electron chi connectivity index (χ2n) is 6.07. The molecule has 1 saturated heterocycles. The Morgan fingerprint density at radius 2 is 2.07 bits per heavy atom. The SMILES string of the molecule is CCNCC1CCN(CCC(C)(C)C)C1. The molecule has 0 amide bonds. The highest BCUT2D eigenvalue weighted by atomic mass is 15.1. The standard InChI is InChI=1S/C13H28N2/c1-5-14-10-12-6-8-15(11-12)9-7-13(2,3)4/h12,14H,5-11H2,1-4H3. The first-order valence-electron chi connectivity index (χ1n) is 6.44. The number of likely N-dealkylation sites (tertiary alicyclic amines) is 1. The van der Waals surface area contributed by atoms with Crippen LogP contribution in [0.4, 0.5) is 0 Å². The summed E-state index contributed by atoms with van der Waals surface area (Å²) in [6.45, 7) is 15.4. The van der Waals surface area contributed by atoms with Gasteiger partial charge in [-0.1, -0.05) is 27.7 Å². The maximum absolute atomic E-state index is 3.46. The summed E-state index contributed by atoms with van der Waals surface area (Å²) in [6, 6.07) is 0. The number of hydrogen-bond donors (Lipinski definition) is 1. The van der Waals surface area contributed by atoms with Gasteiger partial charge in [-0.3, -0.25) is 0 Å². The van der Waals surface area contributed by atoms with Crippen LogP contribution in [0.2, 0.25) is 0 Å². The Hall–Kier alpha value is -0.0800. The monoisotopic (exact) mass is 212 g/mol.